The van der Waals surface area contributed by atoms with E-state index < -0.39 is 38.3 Å². The van der Waals surface area contributed by atoms with E-state index in [0.717, 1.165) is 19.3 Å². The number of nitriles is 1. The highest BCUT2D eigenvalue weighted by atomic mass is 31.2. The first-order chi connectivity index (χ1) is 24.1. The molecular weight excluding hydrogens is 663 g/mol. The van der Waals surface area contributed by atoms with E-state index >= 15 is 0 Å². The van der Waals surface area contributed by atoms with Crippen LogP contribution in [-0.2, 0) is 23.1 Å². The molecule has 0 aromatic carbocycles. The maximum atomic E-state index is 13.0. The van der Waals surface area contributed by atoms with Crippen molar-refractivity contribution in [1.82, 2.24) is 19.6 Å². The van der Waals surface area contributed by atoms with Gasteiger partial charge in [0.2, 0.25) is 5.88 Å². The Bertz CT molecular complexity index is 1550. The number of hydrogen-bond donors (Lipinski definition) is 3. The molecule has 1 unspecified atom stereocenters. The predicted octanol–water partition coefficient (Wildman–Crippen LogP) is 6.46. The Morgan fingerprint density at radius 1 is 1.06 bits per heavy atom. The summed E-state index contributed by atoms with van der Waals surface area (Å²) >= 11 is 0. The zero-order chi connectivity index (χ0) is 35.8. The van der Waals surface area contributed by atoms with Crippen molar-refractivity contribution in [2.75, 3.05) is 32.2 Å². The lowest BCUT2D eigenvalue weighted by atomic mass is 9.99. The number of phosphoric ester groups is 1. The normalized spacial score (nSPS) is 20.9. The van der Waals surface area contributed by atoms with Crippen molar-refractivity contribution in [3.63, 3.8) is 0 Å². The molecule has 1 saturated heterocycles. The van der Waals surface area contributed by atoms with Crippen molar-refractivity contribution < 1.29 is 37.8 Å². The molecule has 0 radical (unpaired) electrons. The molecule has 50 heavy (non-hydrogen) atoms. The number of anilines is 1. The minimum Gasteiger partial charge on any atom is -0.469 e. The third-order valence-electron chi connectivity index (χ3n) is 8.93. The van der Waals surface area contributed by atoms with Gasteiger partial charge < -0.3 is 29.9 Å². The molecule has 1 aliphatic rings. The van der Waals surface area contributed by atoms with Crippen LogP contribution in [0.4, 0.5) is 5.82 Å². The minimum absolute atomic E-state index is 0.0665. The highest BCUT2D eigenvalue weighted by Gasteiger charge is 2.47. The molecule has 3 aromatic heterocycles. The number of phosphoric acid groups is 1. The molecular formula is C35H53N6O8P. The number of fused-ring (bicyclic) bond motifs is 1. The highest BCUT2D eigenvalue weighted by Crippen LogP contribution is 2.47. The molecule has 15 heteroatoms. The number of aliphatic hydroxyl groups excluding tert-OH is 1. The van der Waals surface area contributed by atoms with Crippen LogP contribution in [0, 0.1) is 11.3 Å². The Hall–Kier alpha value is -3.15. The summed E-state index contributed by atoms with van der Waals surface area (Å²) < 4.78 is 43.1. The van der Waals surface area contributed by atoms with Crippen LogP contribution >= 0.6 is 7.82 Å². The van der Waals surface area contributed by atoms with Crippen LogP contribution in [0.15, 0.2) is 36.8 Å². The molecule has 0 bridgehead atoms. The first kappa shape index (κ1) is 39.6. The fraction of sp³-hybridized carbons (Fsp3) is 0.657. The number of ether oxygens (including phenoxy) is 3. The van der Waals surface area contributed by atoms with E-state index in [0.29, 0.717) is 29.2 Å². The second-order valence-corrected chi connectivity index (χ2v) is 14.6. The Kier molecular flexibility index (Phi) is 15.9. The van der Waals surface area contributed by atoms with Gasteiger partial charge in [0.1, 0.15) is 29.7 Å². The molecule has 0 amide bonds. The van der Waals surface area contributed by atoms with E-state index in [4.69, 9.17) is 29.0 Å². The average molecular weight is 717 g/mol. The van der Waals surface area contributed by atoms with E-state index in [2.05, 4.69) is 22.0 Å². The quantitative estimate of drug-likeness (QED) is 0.0675. The van der Waals surface area contributed by atoms with Crippen LogP contribution in [0.3, 0.4) is 0 Å². The summed E-state index contributed by atoms with van der Waals surface area (Å²) in [6.07, 6.45) is 15.4. The van der Waals surface area contributed by atoms with Crippen molar-refractivity contribution in [2.24, 2.45) is 0 Å². The molecule has 1 fully saturated rings. The molecule has 0 spiro atoms. The van der Waals surface area contributed by atoms with Crippen molar-refractivity contribution in [3.05, 3.63) is 48.0 Å². The summed E-state index contributed by atoms with van der Waals surface area (Å²) in [6, 6.07) is 8.60. The number of nitrogens with two attached hydrogens (primary N) is 1. The molecule has 4 N–H and O–H groups in total. The SMILES string of the molecule is CCCCCCCCCCCCCCOC[C@H](COP(=O)(O)OC[C@@]1(C)O[C@@H](c2ccc3c(N)ncnn23)C[C@@H]1O)Oc1cc(C#N)ccn1. The average Bonchev–Trinajstić information content (AvgIpc) is 3.67. The zero-order valence-corrected chi connectivity index (χ0v) is 30.2. The number of hydrogen-bond acceptors (Lipinski definition) is 12. The van der Waals surface area contributed by atoms with Gasteiger partial charge in [0, 0.05) is 25.3 Å². The van der Waals surface area contributed by atoms with Gasteiger partial charge >= 0.3 is 7.82 Å². The fourth-order valence-corrected chi connectivity index (χ4v) is 6.80. The maximum absolute atomic E-state index is 13.0. The monoisotopic (exact) mass is 716 g/mol. The van der Waals surface area contributed by atoms with Gasteiger partial charge in [-0.05, 0) is 31.5 Å². The second kappa shape index (κ2) is 20.0. The standard InChI is InChI=1S/C35H53N6O8P/c1-3-4-5-6-7-8-9-10-11-12-13-14-19-45-23-28(48-33-20-27(22-36)17-18-38-33)24-46-50(43,44)47-25-35(2)32(42)21-31(49-35)29-15-16-30-34(37)39-26-40-41(29)30/h15-18,20,26,28,31-32,42H,3-14,19,21,23-25H2,1-2H3,(H,43,44)(H2,37,39,40)/t28-,31-,32+,35-/m1/s1. The van der Waals surface area contributed by atoms with Crippen LogP contribution in [-0.4, -0.2) is 73.8 Å². The third kappa shape index (κ3) is 12.3. The Morgan fingerprint density at radius 2 is 1.76 bits per heavy atom. The molecule has 0 saturated carbocycles. The number of aliphatic hydroxyl groups is 1. The summed E-state index contributed by atoms with van der Waals surface area (Å²) in [4.78, 5) is 18.7. The summed E-state index contributed by atoms with van der Waals surface area (Å²) in [5.41, 5.74) is 6.23. The topological polar surface area (TPSA) is 197 Å². The van der Waals surface area contributed by atoms with Gasteiger partial charge in [-0.1, -0.05) is 77.6 Å². The smallest absolute Gasteiger partial charge is 0.469 e. The minimum atomic E-state index is -4.63. The van der Waals surface area contributed by atoms with Crippen LogP contribution in [0.5, 0.6) is 5.88 Å². The lowest BCUT2D eigenvalue weighted by Gasteiger charge is -2.28. The number of nitrogens with zero attached hydrogens (tertiary/aromatic N) is 5. The first-order valence-corrected chi connectivity index (χ1v) is 19.3. The summed E-state index contributed by atoms with van der Waals surface area (Å²) in [6.45, 7) is 3.62. The summed E-state index contributed by atoms with van der Waals surface area (Å²) in [5, 5.41) is 24.4. The van der Waals surface area contributed by atoms with Gasteiger partial charge in [0.05, 0.1) is 43.3 Å². The number of rotatable bonds is 24. The van der Waals surface area contributed by atoms with Gasteiger partial charge in [-0.15, -0.1) is 0 Å². The van der Waals surface area contributed by atoms with Crippen molar-refractivity contribution in [3.8, 4) is 11.9 Å². The largest absolute Gasteiger partial charge is 0.472 e. The molecule has 14 nitrogen and oxygen atoms in total. The molecule has 276 valence electrons. The van der Waals surface area contributed by atoms with Crippen LogP contribution in [0.25, 0.3) is 5.52 Å². The van der Waals surface area contributed by atoms with Crippen LogP contribution < -0.4 is 10.5 Å². The number of nitrogen functional groups attached to an aromatic ring is 1. The third-order valence-corrected chi connectivity index (χ3v) is 9.86. The van der Waals surface area contributed by atoms with Gasteiger partial charge in [-0.2, -0.15) is 10.4 Å². The fourth-order valence-electron chi connectivity index (χ4n) is 5.95. The van der Waals surface area contributed by atoms with Crippen LogP contribution in [0.2, 0.25) is 0 Å². The molecule has 3 aromatic rings. The second-order valence-electron chi connectivity index (χ2n) is 13.1. The maximum Gasteiger partial charge on any atom is 0.472 e. The molecule has 4 rings (SSSR count). The predicted molar refractivity (Wildman–Crippen MR) is 187 cm³/mol. The molecule has 1 aliphatic heterocycles. The van der Waals surface area contributed by atoms with E-state index in [9.17, 15) is 19.8 Å². The van der Waals surface area contributed by atoms with Crippen molar-refractivity contribution in [2.45, 2.75) is 121 Å². The molecule has 4 heterocycles. The van der Waals surface area contributed by atoms with E-state index in [1.54, 1.807) is 29.6 Å². The Labute approximate surface area is 294 Å². The summed E-state index contributed by atoms with van der Waals surface area (Å²) in [7, 11) is -4.63. The Morgan fingerprint density at radius 3 is 2.46 bits per heavy atom. The van der Waals surface area contributed by atoms with E-state index in [-0.39, 0.29) is 25.5 Å². The van der Waals surface area contributed by atoms with E-state index in [1.807, 2.05) is 6.07 Å². The molecule has 5 atom stereocenters. The summed E-state index contributed by atoms with van der Waals surface area (Å²) in [5.74, 6) is 0.464. The number of aromatic nitrogens is 4. The highest BCUT2D eigenvalue weighted by molar-refractivity contribution is 7.47. The lowest BCUT2D eigenvalue weighted by molar-refractivity contribution is -0.100. The lowest BCUT2D eigenvalue weighted by Crippen LogP contribution is -2.40. The van der Waals surface area contributed by atoms with E-state index in [1.165, 1.54) is 76.4 Å². The van der Waals surface area contributed by atoms with Gasteiger partial charge in [-0.3, -0.25) is 9.05 Å². The zero-order valence-electron chi connectivity index (χ0n) is 29.3. The van der Waals surface area contributed by atoms with Gasteiger partial charge in [0.15, 0.2) is 5.82 Å². The number of pyridine rings is 1. The first-order valence-electron chi connectivity index (χ1n) is 17.8. The van der Waals surface area contributed by atoms with Crippen molar-refractivity contribution in [1.29, 1.82) is 5.26 Å². The van der Waals surface area contributed by atoms with Crippen LogP contribution in [0.1, 0.15) is 115 Å². The number of unbranched alkanes of at least 4 members (excludes halogenated alkanes) is 11. The Balaban J connectivity index is 1.21. The molecule has 0 aliphatic carbocycles. The van der Waals surface area contributed by atoms with Crippen molar-refractivity contribution >= 4 is 19.2 Å². The van der Waals surface area contributed by atoms with Gasteiger partial charge in [0.25, 0.3) is 0 Å². The van der Waals surface area contributed by atoms with Gasteiger partial charge in [-0.25, -0.2) is 19.0 Å².